The lowest BCUT2D eigenvalue weighted by atomic mass is 10.2. The van der Waals surface area contributed by atoms with Crippen molar-refractivity contribution in [3.63, 3.8) is 0 Å². The van der Waals surface area contributed by atoms with Gasteiger partial charge in [0.05, 0.1) is 39.4 Å². The highest BCUT2D eigenvalue weighted by Crippen LogP contribution is 2.42. The Hall–Kier alpha value is -8.20. The standard InChI is InChI=1S/C20H6N12O16/c33-25(34)13-5-1-6-14(26(35)36)16(28(39)40)8(22-6)3-10-18(30(43)44)20(32(47)48)12(24-10)4-11-19(31(45)46)17(29(41)42)9(23-11)2-7(21-5)15(13)27(37)38/h1-4,21,24H. The highest BCUT2D eigenvalue weighted by molar-refractivity contribution is 5.95. The molecule has 28 nitrogen and oxygen atoms in total. The van der Waals surface area contributed by atoms with Gasteiger partial charge in [0.1, 0.15) is 22.1 Å². The average molecular weight is 670 g/mol. The smallest absolute Gasteiger partial charge is 0.344 e. The van der Waals surface area contributed by atoms with Crippen LogP contribution in [-0.2, 0) is 0 Å². The van der Waals surface area contributed by atoms with Crippen LogP contribution in [0.1, 0.15) is 22.8 Å². The van der Waals surface area contributed by atoms with Crippen molar-refractivity contribution in [1.82, 2.24) is 19.9 Å². The van der Waals surface area contributed by atoms with Gasteiger partial charge in [0.25, 0.3) is 0 Å². The molecule has 0 aliphatic carbocycles. The van der Waals surface area contributed by atoms with Crippen molar-refractivity contribution in [1.29, 1.82) is 0 Å². The quantitative estimate of drug-likeness (QED) is 0.257. The van der Waals surface area contributed by atoms with E-state index < -0.39 is 130 Å². The number of aromatic nitrogens is 4. The van der Waals surface area contributed by atoms with Crippen molar-refractivity contribution in [2.24, 2.45) is 0 Å². The number of hydrogen-bond donors (Lipinski definition) is 2. The summed E-state index contributed by atoms with van der Waals surface area (Å²) in [5.74, 6) is 0. The van der Waals surface area contributed by atoms with Crippen LogP contribution in [-0.4, -0.2) is 59.3 Å². The molecule has 0 saturated heterocycles. The Kier molecular flexibility index (Phi) is 7.00. The normalized spacial score (nSPS) is 12.5. The minimum atomic E-state index is -1.48. The van der Waals surface area contributed by atoms with Crippen LogP contribution in [0.3, 0.4) is 0 Å². The van der Waals surface area contributed by atoms with Crippen LogP contribution < -0.4 is 0 Å². The minimum Gasteiger partial charge on any atom is -0.344 e. The first-order valence-corrected chi connectivity index (χ1v) is 11.9. The fourth-order valence-corrected chi connectivity index (χ4v) is 4.82. The van der Waals surface area contributed by atoms with E-state index in [9.17, 15) is 80.9 Å². The predicted molar refractivity (Wildman–Crippen MR) is 149 cm³/mol. The zero-order valence-corrected chi connectivity index (χ0v) is 22.3. The summed E-state index contributed by atoms with van der Waals surface area (Å²) in [6, 6.07) is 1.51. The molecule has 28 heteroatoms. The summed E-state index contributed by atoms with van der Waals surface area (Å²) < 4.78 is 0. The van der Waals surface area contributed by atoms with Gasteiger partial charge in [-0.05, 0) is 0 Å². The van der Waals surface area contributed by atoms with Crippen LogP contribution in [0.2, 0.25) is 0 Å². The number of nitrogens with zero attached hydrogens (tertiary/aromatic N) is 10. The van der Waals surface area contributed by atoms with Crippen molar-refractivity contribution in [3.8, 4) is 0 Å². The second kappa shape index (κ2) is 10.8. The van der Waals surface area contributed by atoms with Gasteiger partial charge >= 0.3 is 45.5 Å². The predicted octanol–water partition coefficient (Wildman–Crippen LogP) is 2.71. The summed E-state index contributed by atoms with van der Waals surface area (Å²) in [6.07, 6.45) is 0. The molecule has 0 unspecified atom stereocenters. The maximum absolute atomic E-state index is 12.0. The van der Waals surface area contributed by atoms with Gasteiger partial charge in [0.15, 0.2) is 22.8 Å². The summed E-state index contributed by atoms with van der Waals surface area (Å²) in [5, 5.41) is 95.8. The SMILES string of the molecule is O=[N+]([O-])C1=C([N+](=O)[O-])c2cc3[nH]c(cc4nc(cc5[nH]c(cc1n2)c([N+](=O)[O-])c5[N+](=O)[O-])C([N+](=O)[O-])=C4[N+](=O)[O-])c([N+](=O)[O-])c3[N+](=O)[O-]. The molecule has 3 aromatic rings. The first-order valence-electron chi connectivity index (χ1n) is 11.9. The molecule has 0 fully saturated rings. The molecule has 0 amide bonds. The molecule has 2 N–H and O–H groups in total. The fourth-order valence-electron chi connectivity index (χ4n) is 4.82. The average Bonchev–Trinajstić information content (AvgIpc) is 3.69. The number of nitrogens with one attached hydrogen (secondary N) is 2. The third-order valence-corrected chi connectivity index (χ3v) is 6.49. The highest BCUT2D eigenvalue weighted by Gasteiger charge is 2.44. The molecule has 3 aromatic heterocycles. The second-order valence-electron chi connectivity index (χ2n) is 9.09. The first kappa shape index (κ1) is 31.2. The van der Waals surface area contributed by atoms with E-state index in [2.05, 4.69) is 19.9 Å². The molecule has 48 heavy (non-hydrogen) atoms. The minimum absolute atomic E-state index is 0.377. The lowest BCUT2D eigenvalue weighted by molar-refractivity contribution is -0.419. The summed E-state index contributed by atoms with van der Waals surface area (Å²) in [6.45, 7) is 0. The Morgan fingerprint density at radius 2 is 0.542 bits per heavy atom. The van der Waals surface area contributed by atoms with E-state index in [0.29, 0.717) is 24.3 Å². The Labute approximate surface area is 255 Å². The van der Waals surface area contributed by atoms with Gasteiger partial charge in [0, 0.05) is 24.3 Å². The maximum Gasteiger partial charge on any atom is 0.373 e. The first-order chi connectivity index (χ1) is 22.4. The van der Waals surface area contributed by atoms with Crippen LogP contribution >= 0.6 is 0 Å². The molecule has 242 valence electrons. The molecule has 0 radical (unpaired) electrons. The molecule has 0 spiro atoms. The van der Waals surface area contributed by atoms with Gasteiger partial charge in [-0.2, -0.15) is 0 Å². The van der Waals surface area contributed by atoms with Gasteiger partial charge in [-0.1, -0.05) is 0 Å². The Morgan fingerprint density at radius 3 is 0.688 bits per heavy atom. The largest absolute Gasteiger partial charge is 0.373 e. The van der Waals surface area contributed by atoms with Gasteiger partial charge < -0.3 is 9.97 Å². The number of aromatic amines is 2. The van der Waals surface area contributed by atoms with Crippen molar-refractivity contribution >= 4 is 67.6 Å². The van der Waals surface area contributed by atoms with Crippen LogP contribution in [0.15, 0.2) is 24.3 Å². The molecular weight excluding hydrogens is 664 g/mol. The Balaban J connectivity index is 2.19. The number of nitro groups is 8. The van der Waals surface area contributed by atoms with E-state index in [4.69, 9.17) is 0 Å². The summed E-state index contributed by atoms with van der Waals surface area (Å²) in [5.41, 5.74) is -20.0. The van der Waals surface area contributed by atoms with E-state index in [1.165, 1.54) is 0 Å². The molecule has 0 aromatic carbocycles. The highest BCUT2D eigenvalue weighted by atomic mass is 16.7. The Morgan fingerprint density at radius 1 is 0.354 bits per heavy atom. The van der Waals surface area contributed by atoms with Crippen molar-refractivity contribution in [3.05, 3.63) is 128 Å². The second-order valence-corrected chi connectivity index (χ2v) is 9.09. The van der Waals surface area contributed by atoms with Gasteiger partial charge in [-0.3, -0.25) is 80.9 Å². The van der Waals surface area contributed by atoms with Crippen molar-refractivity contribution < 1.29 is 39.4 Å². The number of fused-ring (bicyclic) bond motifs is 8. The fraction of sp³-hybridized carbons (Fsp3) is 0. The summed E-state index contributed by atoms with van der Waals surface area (Å²) in [7, 11) is 0. The zero-order chi connectivity index (χ0) is 35.5. The van der Waals surface area contributed by atoms with E-state index in [-0.39, 0.29) is 0 Å². The van der Waals surface area contributed by atoms with E-state index in [1.807, 2.05) is 0 Å². The Bertz CT molecular complexity index is 2070. The van der Waals surface area contributed by atoms with Gasteiger partial charge in [-0.25, -0.2) is 9.97 Å². The van der Waals surface area contributed by atoms with Crippen LogP contribution in [0, 0.1) is 80.9 Å². The van der Waals surface area contributed by atoms with Crippen LogP contribution in [0.4, 0.5) is 22.7 Å². The lowest BCUT2D eigenvalue weighted by Crippen LogP contribution is -2.04. The van der Waals surface area contributed by atoms with Gasteiger partial charge in [0.2, 0.25) is 0 Å². The molecule has 0 atom stereocenters. The number of H-pyrrole nitrogens is 2. The third kappa shape index (κ3) is 4.75. The van der Waals surface area contributed by atoms with E-state index in [1.54, 1.807) is 0 Å². The van der Waals surface area contributed by atoms with Crippen molar-refractivity contribution in [2.75, 3.05) is 0 Å². The molecule has 5 rings (SSSR count). The third-order valence-electron chi connectivity index (χ3n) is 6.49. The number of rotatable bonds is 8. The summed E-state index contributed by atoms with van der Waals surface area (Å²) in [4.78, 5) is 96.4. The molecule has 5 heterocycles. The van der Waals surface area contributed by atoms with Crippen molar-refractivity contribution in [2.45, 2.75) is 0 Å². The molecule has 0 saturated carbocycles. The van der Waals surface area contributed by atoms with E-state index in [0.717, 1.165) is 0 Å². The topological polar surface area (TPSA) is 402 Å². The summed E-state index contributed by atoms with van der Waals surface area (Å²) >= 11 is 0. The molecule has 2 aliphatic heterocycles. The molecule has 8 bridgehead atoms. The zero-order valence-electron chi connectivity index (χ0n) is 22.3. The molecule has 2 aliphatic rings. The van der Waals surface area contributed by atoms with Crippen LogP contribution in [0.5, 0.6) is 0 Å². The molecular formula is C20H6N12O16. The lowest BCUT2D eigenvalue weighted by Gasteiger charge is -1.92. The maximum atomic E-state index is 12.0. The number of hydrogen-bond acceptors (Lipinski definition) is 18. The van der Waals surface area contributed by atoms with Crippen LogP contribution in [0.25, 0.3) is 44.9 Å². The monoisotopic (exact) mass is 670 g/mol. The van der Waals surface area contributed by atoms with Gasteiger partial charge in [-0.15, -0.1) is 0 Å². The van der Waals surface area contributed by atoms with E-state index >= 15 is 0 Å².